The van der Waals surface area contributed by atoms with Gasteiger partial charge in [0.05, 0.1) is 24.9 Å². The van der Waals surface area contributed by atoms with Crippen LogP contribution in [0.3, 0.4) is 0 Å². The molecule has 0 aromatic heterocycles. The molecule has 1 atom stereocenters. The van der Waals surface area contributed by atoms with Crippen molar-refractivity contribution >= 4 is 13.6 Å². The third-order valence-corrected chi connectivity index (χ3v) is 3.76. The fourth-order valence-electron chi connectivity index (χ4n) is 1.57. The molecule has 0 radical (unpaired) electrons. The summed E-state index contributed by atoms with van der Waals surface area (Å²) in [5.41, 5.74) is 0.734. The molecule has 1 aromatic carbocycles. The van der Waals surface area contributed by atoms with Crippen LogP contribution in [-0.2, 0) is 25.0 Å². The van der Waals surface area contributed by atoms with Crippen molar-refractivity contribution in [1.82, 2.24) is 0 Å². The minimum atomic E-state index is -3.11. The summed E-state index contributed by atoms with van der Waals surface area (Å²) in [6.45, 7) is 7.05. The number of carbonyl (C=O) groups is 1. The number of benzene rings is 1. The van der Waals surface area contributed by atoms with E-state index in [4.69, 9.17) is 9.05 Å². The van der Waals surface area contributed by atoms with E-state index in [1.54, 1.807) is 24.3 Å². The molecule has 112 valence electrons. The van der Waals surface area contributed by atoms with Crippen molar-refractivity contribution in [3.05, 3.63) is 35.4 Å². The zero-order valence-corrected chi connectivity index (χ0v) is 13.4. The maximum Gasteiger partial charge on any atom is 0.337 e. The maximum atomic E-state index is 12.1. The monoisotopic (exact) mass is 300 g/mol. The molecule has 0 saturated heterocycles. The van der Waals surface area contributed by atoms with Crippen molar-refractivity contribution in [2.24, 2.45) is 0 Å². The molecule has 0 saturated carbocycles. The van der Waals surface area contributed by atoms with Gasteiger partial charge in [-0.1, -0.05) is 12.1 Å². The van der Waals surface area contributed by atoms with E-state index in [-0.39, 0.29) is 6.61 Å². The fraction of sp³-hybridized carbons (Fsp3) is 0.500. The molecule has 0 aliphatic carbocycles. The first-order valence-corrected chi connectivity index (χ1v) is 8.22. The van der Waals surface area contributed by atoms with E-state index in [0.717, 1.165) is 5.56 Å². The largest absolute Gasteiger partial charge is 0.465 e. The summed E-state index contributed by atoms with van der Waals surface area (Å²) in [7, 11) is -1.78. The molecule has 5 nitrogen and oxygen atoms in total. The molecule has 0 fully saturated rings. The highest BCUT2D eigenvalue weighted by Gasteiger charge is 2.25. The van der Waals surface area contributed by atoms with Crippen LogP contribution in [0.5, 0.6) is 0 Å². The van der Waals surface area contributed by atoms with Crippen molar-refractivity contribution in [3.8, 4) is 0 Å². The number of hydrogen-bond acceptors (Lipinski definition) is 5. The Labute approximate surface area is 119 Å². The summed E-state index contributed by atoms with van der Waals surface area (Å²) in [6, 6.07) is 6.72. The Morgan fingerprint density at radius 3 is 2.20 bits per heavy atom. The summed E-state index contributed by atoms with van der Waals surface area (Å²) in [5, 5.41) is 0. The first-order valence-electron chi connectivity index (χ1n) is 6.23. The highest BCUT2D eigenvalue weighted by atomic mass is 31.2. The Kier molecular flexibility index (Phi) is 5.51. The maximum absolute atomic E-state index is 12.1. The van der Waals surface area contributed by atoms with Crippen LogP contribution in [0.2, 0.25) is 0 Å². The Balaban J connectivity index is 2.62. The molecule has 1 rings (SSSR count). The van der Waals surface area contributed by atoms with Gasteiger partial charge in [0.2, 0.25) is 0 Å². The number of carbonyl (C=O) groups excluding carboxylic acids is 1. The SMILES string of the molecule is COC(=O)c1ccc(COP(C)(=O)OC(C)(C)C)cc1. The normalized spacial score (nSPS) is 14.7. The molecule has 0 aliphatic heterocycles. The highest BCUT2D eigenvalue weighted by molar-refractivity contribution is 7.53. The summed E-state index contributed by atoms with van der Waals surface area (Å²) >= 11 is 0. The lowest BCUT2D eigenvalue weighted by molar-refractivity contribution is 0.0600. The van der Waals surface area contributed by atoms with Gasteiger partial charge in [0.1, 0.15) is 0 Å². The van der Waals surface area contributed by atoms with Crippen molar-refractivity contribution in [2.75, 3.05) is 13.8 Å². The van der Waals surface area contributed by atoms with E-state index >= 15 is 0 Å². The molecule has 1 aromatic rings. The van der Waals surface area contributed by atoms with E-state index < -0.39 is 19.2 Å². The first kappa shape index (κ1) is 16.9. The van der Waals surface area contributed by atoms with Crippen LogP contribution in [0.25, 0.3) is 0 Å². The van der Waals surface area contributed by atoms with Crippen LogP contribution in [0.15, 0.2) is 24.3 Å². The highest BCUT2D eigenvalue weighted by Crippen LogP contribution is 2.48. The molecule has 0 aliphatic rings. The standard InChI is InChI=1S/C14H21O5P/c1-14(2,3)19-20(5,16)18-10-11-6-8-12(9-7-11)13(15)17-4/h6-9H,10H2,1-5H3. The third-order valence-electron chi connectivity index (χ3n) is 2.28. The Morgan fingerprint density at radius 1 is 1.20 bits per heavy atom. The zero-order chi connectivity index (χ0) is 15.4. The number of esters is 1. The van der Waals surface area contributed by atoms with Crippen LogP contribution < -0.4 is 0 Å². The average Bonchev–Trinajstić information content (AvgIpc) is 2.33. The Morgan fingerprint density at radius 2 is 1.75 bits per heavy atom. The fourth-order valence-corrected chi connectivity index (χ4v) is 3.00. The lowest BCUT2D eigenvalue weighted by Gasteiger charge is -2.24. The summed E-state index contributed by atoms with van der Waals surface area (Å²) < 4.78 is 27.4. The van der Waals surface area contributed by atoms with Crippen LogP contribution in [0.1, 0.15) is 36.7 Å². The van der Waals surface area contributed by atoms with Crippen LogP contribution in [0.4, 0.5) is 0 Å². The Hall–Kier alpha value is -1.16. The van der Waals surface area contributed by atoms with Gasteiger partial charge >= 0.3 is 13.6 Å². The summed E-state index contributed by atoms with van der Waals surface area (Å²) in [4.78, 5) is 11.3. The number of rotatable bonds is 5. The number of ether oxygens (including phenoxy) is 1. The molecule has 6 heteroatoms. The van der Waals surface area contributed by atoms with Crippen molar-refractivity contribution in [3.63, 3.8) is 0 Å². The number of methoxy groups -OCH3 is 1. The van der Waals surface area contributed by atoms with Crippen LogP contribution in [-0.4, -0.2) is 25.3 Å². The second kappa shape index (κ2) is 6.53. The average molecular weight is 300 g/mol. The van der Waals surface area contributed by atoms with Gasteiger partial charge in [0.15, 0.2) is 0 Å². The summed E-state index contributed by atoms with van der Waals surface area (Å²) in [6.07, 6.45) is 0. The molecular weight excluding hydrogens is 279 g/mol. The molecule has 0 spiro atoms. The predicted molar refractivity (Wildman–Crippen MR) is 76.9 cm³/mol. The van der Waals surface area contributed by atoms with E-state index in [1.165, 1.54) is 13.8 Å². The molecule has 0 amide bonds. The van der Waals surface area contributed by atoms with E-state index in [0.29, 0.717) is 5.56 Å². The van der Waals surface area contributed by atoms with Gasteiger partial charge in [-0.2, -0.15) is 0 Å². The van der Waals surface area contributed by atoms with Gasteiger partial charge in [-0.15, -0.1) is 0 Å². The summed E-state index contributed by atoms with van der Waals surface area (Å²) in [5.74, 6) is -0.394. The van der Waals surface area contributed by atoms with Gasteiger partial charge in [0.25, 0.3) is 0 Å². The molecule has 0 bridgehead atoms. The van der Waals surface area contributed by atoms with Crippen molar-refractivity contribution in [1.29, 1.82) is 0 Å². The molecule has 20 heavy (non-hydrogen) atoms. The van der Waals surface area contributed by atoms with Gasteiger partial charge in [-0.05, 0) is 38.5 Å². The minimum Gasteiger partial charge on any atom is -0.465 e. The smallest absolute Gasteiger partial charge is 0.337 e. The van der Waals surface area contributed by atoms with Crippen molar-refractivity contribution < 1.29 is 23.1 Å². The second-order valence-corrected chi connectivity index (χ2v) is 7.42. The van der Waals surface area contributed by atoms with E-state index in [1.807, 2.05) is 20.8 Å². The predicted octanol–water partition coefficient (Wildman–Crippen LogP) is 3.63. The van der Waals surface area contributed by atoms with Crippen molar-refractivity contribution in [2.45, 2.75) is 33.0 Å². The van der Waals surface area contributed by atoms with E-state index in [2.05, 4.69) is 4.74 Å². The van der Waals surface area contributed by atoms with Crippen LogP contribution in [0, 0.1) is 0 Å². The van der Waals surface area contributed by atoms with Gasteiger partial charge in [-0.3, -0.25) is 4.57 Å². The number of hydrogen-bond donors (Lipinski definition) is 0. The molecule has 0 heterocycles. The van der Waals surface area contributed by atoms with Gasteiger partial charge in [-0.25, -0.2) is 4.79 Å². The minimum absolute atomic E-state index is 0.158. The second-order valence-electron chi connectivity index (χ2n) is 5.44. The molecule has 1 unspecified atom stereocenters. The van der Waals surface area contributed by atoms with E-state index in [9.17, 15) is 9.36 Å². The topological polar surface area (TPSA) is 61.8 Å². The lowest BCUT2D eigenvalue weighted by Crippen LogP contribution is -2.17. The quantitative estimate of drug-likeness (QED) is 0.614. The zero-order valence-electron chi connectivity index (χ0n) is 12.5. The van der Waals surface area contributed by atoms with Gasteiger partial charge < -0.3 is 13.8 Å². The molecular formula is C14H21O5P. The van der Waals surface area contributed by atoms with Crippen LogP contribution >= 0.6 is 7.60 Å². The van der Waals surface area contributed by atoms with Gasteiger partial charge in [0, 0.05) is 6.66 Å². The molecule has 0 N–H and O–H groups in total. The third kappa shape index (κ3) is 5.87. The Bertz CT molecular complexity index is 501. The first-order chi connectivity index (χ1) is 9.13. The lowest BCUT2D eigenvalue weighted by atomic mass is 10.1.